The van der Waals surface area contributed by atoms with Crippen LogP contribution in [0.25, 0.3) is 0 Å². The lowest BCUT2D eigenvalue weighted by Crippen LogP contribution is -2.13. The summed E-state index contributed by atoms with van der Waals surface area (Å²) in [6.07, 6.45) is 4.99. The molecule has 2 aromatic rings. The highest BCUT2D eigenvalue weighted by molar-refractivity contribution is 6.05. The molecule has 1 aromatic carbocycles. The van der Waals surface area contributed by atoms with Gasteiger partial charge in [0.15, 0.2) is 0 Å². The molecular formula is C17H19N3O. The first-order valence-electron chi connectivity index (χ1n) is 6.78. The largest absolute Gasteiger partial charge is 0.380 e. The van der Waals surface area contributed by atoms with Crippen LogP contribution in [-0.2, 0) is 0 Å². The van der Waals surface area contributed by atoms with E-state index in [2.05, 4.69) is 22.2 Å². The van der Waals surface area contributed by atoms with Gasteiger partial charge in [0.25, 0.3) is 5.91 Å². The van der Waals surface area contributed by atoms with Gasteiger partial charge in [0.1, 0.15) is 0 Å². The number of aromatic nitrogens is 1. The Morgan fingerprint density at radius 3 is 2.86 bits per heavy atom. The third-order valence-corrected chi connectivity index (χ3v) is 3.09. The van der Waals surface area contributed by atoms with E-state index in [0.717, 1.165) is 22.5 Å². The molecule has 0 fully saturated rings. The number of rotatable bonds is 5. The van der Waals surface area contributed by atoms with Crippen molar-refractivity contribution in [2.45, 2.75) is 13.8 Å². The molecule has 0 saturated carbocycles. The lowest BCUT2D eigenvalue weighted by Gasteiger charge is -2.10. The smallest absolute Gasteiger partial charge is 0.257 e. The van der Waals surface area contributed by atoms with Gasteiger partial charge in [-0.1, -0.05) is 18.2 Å². The van der Waals surface area contributed by atoms with E-state index in [0.29, 0.717) is 12.1 Å². The number of amides is 1. The van der Waals surface area contributed by atoms with Gasteiger partial charge in [-0.25, -0.2) is 0 Å². The number of aryl methyl sites for hydroxylation is 2. The lowest BCUT2D eigenvalue weighted by molar-refractivity contribution is 0.102. The van der Waals surface area contributed by atoms with Gasteiger partial charge in [0.05, 0.1) is 11.3 Å². The molecule has 1 heterocycles. The van der Waals surface area contributed by atoms with Crippen LogP contribution in [-0.4, -0.2) is 17.4 Å². The summed E-state index contributed by atoms with van der Waals surface area (Å²) >= 11 is 0. The minimum absolute atomic E-state index is 0.168. The van der Waals surface area contributed by atoms with Crippen LogP contribution in [0, 0.1) is 13.8 Å². The standard InChI is InChI=1S/C17H19N3O/c1-4-7-19-15-9-14(10-18-11-15)17(21)20-16-8-12(2)5-6-13(16)3/h4-6,8-11,19H,1,7H2,2-3H3,(H,20,21). The van der Waals surface area contributed by atoms with Gasteiger partial charge in [-0.15, -0.1) is 6.58 Å². The molecule has 0 atom stereocenters. The van der Waals surface area contributed by atoms with Crippen LogP contribution in [0.2, 0.25) is 0 Å². The Balaban J connectivity index is 2.16. The fourth-order valence-electron chi connectivity index (χ4n) is 1.92. The second-order valence-electron chi connectivity index (χ2n) is 4.90. The van der Waals surface area contributed by atoms with Crippen molar-refractivity contribution in [1.82, 2.24) is 4.98 Å². The monoisotopic (exact) mass is 281 g/mol. The average molecular weight is 281 g/mol. The van der Waals surface area contributed by atoms with Crippen molar-refractivity contribution in [2.24, 2.45) is 0 Å². The maximum absolute atomic E-state index is 12.3. The van der Waals surface area contributed by atoms with Gasteiger partial charge in [-0.05, 0) is 37.1 Å². The summed E-state index contributed by atoms with van der Waals surface area (Å²) in [5.41, 5.74) is 4.27. The highest BCUT2D eigenvalue weighted by Gasteiger charge is 2.09. The summed E-state index contributed by atoms with van der Waals surface area (Å²) in [4.78, 5) is 16.4. The van der Waals surface area contributed by atoms with Crippen LogP contribution in [0.1, 0.15) is 21.5 Å². The summed E-state index contributed by atoms with van der Waals surface area (Å²) in [5, 5.41) is 6.04. The fourth-order valence-corrected chi connectivity index (χ4v) is 1.92. The third-order valence-electron chi connectivity index (χ3n) is 3.09. The molecule has 108 valence electrons. The van der Waals surface area contributed by atoms with Crippen LogP contribution in [0.15, 0.2) is 49.3 Å². The molecule has 0 unspecified atom stereocenters. The predicted octanol–water partition coefficient (Wildman–Crippen LogP) is 3.55. The number of hydrogen-bond donors (Lipinski definition) is 2. The van der Waals surface area contributed by atoms with Crippen LogP contribution >= 0.6 is 0 Å². The van der Waals surface area contributed by atoms with Crippen LogP contribution in [0.3, 0.4) is 0 Å². The van der Waals surface area contributed by atoms with Crippen molar-refractivity contribution >= 4 is 17.3 Å². The normalized spacial score (nSPS) is 10.0. The maximum atomic E-state index is 12.3. The Bertz CT molecular complexity index is 665. The van der Waals surface area contributed by atoms with E-state index in [9.17, 15) is 4.79 Å². The first-order valence-corrected chi connectivity index (χ1v) is 6.78. The Labute approximate surface area is 124 Å². The topological polar surface area (TPSA) is 54.0 Å². The molecule has 1 aromatic heterocycles. The van der Waals surface area contributed by atoms with E-state index in [-0.39, 0.29) is 5.91 Å². The third kappa shape index (κ3) is 3.92. The van der Waals surface area contributed by atoms with Crippen molar-refractivity contribution in [3.8, 4) is 0 Å². The van der Waals surface area contributed by atoms with Crippen LogP contribution in [0.4, 0.5) is 11.4 Å². The quantitative estimate of drug-likeness (QED) is 0.824. The molecule has 0 bridgehead atoms. The Morgan fingerprint density at radius 1 is 1.29 bits per heavy atom. The van der Waals surface area contributed by atoms with Crippen molar-refractivity contribution in [3.05, 3.63) is 66.0 Å². The van der Waals surface area contributed by atoms with Gasteiger partial charge in [-0.3, -0.25) is 9.78 Å². The first-order chi connectivity index (χ1) is 10.1. The zero-order valence-corrected chi connectivity index (χ0v) is 12.3. The van der Waals surface area contributed by atoms with Gasteiger partial charge >= 0.3 is 0 Å². The van der Waals surface area contributed by atoms with Crippen molar-refractivity contribution in [1.29, 1.82) is 0 Å². The Morgan fingerprint density at radius 2 is 2.10 bits per heavy atom. The van der Waals surface area contributed by atoms with Gasteiger partial charge in [0.2, 0.25) is 0 Å². The molecule has 1 amide bonds. The molecule has 4 nitrogen and oxygen atoms in total. The van der Waals surface area contributed by atoms with Crippen molar-refractivity contribution in [3.63, 3.8) is 0 Å². The molecule has 0 aliphatic rings. The lowest BCUT2D eigenvalue weighted by atomic mass is 10.1. The van der Waals surface area contributed by atoms with Crippen molar-refractivity contribution in [2.75, 3.05) is 17.2 Å². The number of anilines is 2. The predicted molar refractivity (Wildman–Crippen MR) is 86.8 cm³/mol. The molecule has 0 aliphatic carbocycles. The van der Waals surface area contributed by atoms with E-state index in [1.807, 2.05) is 32.0 Å². The molecule has 2 N–H and O–H groups in total. The SMILES string of the molecule is C=CCNc1cncc(C(=O)Nc2cc(C)ccc2C)c1. The second-order valence-corrected chi connectivity index (χ2v) is 4.90. The minimum Gasteiger partial charge on any atom is -0.380 e. The van der Waals surface area contributed by atoms with Crippen LogP contribution < -0.4 is 10.6 Å². The van der Waals surface area contributed by atoms with Crippen LogP contribution in [0.5, 0.6) is 0 Å². The number of nitrogens with one attached hydrogen (secondary N) is 2. The zero-order valence-electron chi connectivity index (χ0n) is 12.3. The first kappa shape index (κ1) is 14.8. The molecule has 0 spiro atoms. The summed E-state index contributed by atoms with van der Waals surface area (Å²) in [7, 11) is 0. The molecule has 0 aliphatic heterocycles. The maximum Gasteiger partial charge on any atom is 0.257 e. The van der Waals surface area contributed by atoms with Gasteiger partial charge in [0, 0.05) is 24.6 Å². The molecule has 2 rings (SSSR count). The number of nitrogens with zero attached hydrogens (tertiary/aromatic N) is 1. The highest BCUT2D eigenvalue weighted by atomic mass is 16.1. The molecule has 0 saturated heterocycles. The molecule has 4 heteroatoms. The zero-order chi connectivity index (χ0) is 15.2. The average Bonchev–Trinajstić information content (AvgIpc) is 2.49. The Kier molecular flexibility index (Phi) is 4.72. The van der Waals surface area contributed by atoms with E-state index < -0.39 is 0 Å². The molecule has 21 heavy (non-hydrogen) atoms. The van der Waals surface area contributed by atoms with E-state index in [1.165, 1.54) is 0 Å². The minimum atomic E-state index is -0.168. The molecule has 0 radical (unpaired) electrons. The summed E-state index contributed by atoms with van der Waals surface area (Å²) < 4.78 is 0. The van der Waals surface area contributed by atoms with Gasteiger partial charge < -0.3 is 10.6 Å². The van der Waals surface area contributed by atoms with E-state index >= 15 is 0 Å². The van der Waals surface area contributed by atoms with Gasteiger partial charge in [-0.2, -0.15) is 0 Å². The summed E-state index contributed by atoms with van der Waals surface area (Å²) in [5.74, 6) is -0.168. The number of carbonyl (C=O) groups excluding carboxylic acids is 1. The Hall–Kier alpha value is -2.62. The highest BCUT2D eigenvalue weighted by Crippen LogP contribution is 2.18. The molecular weight excluding hydrogens is 262 g/mol. The van der Waals surface area contributed by atoms with E-state index in [4.69, 9.17) is 0 Å². The van der Waals surface area contributed by atoms with E-state index in [1.54, 1.807) is 24.5 Å². The second kappa shape index (κ2) is 6.70. The number of carbonyl (C=O) groups is 1. The fraction of sp³-hybridized carbons (Fsp3) is 0.176. The number of hydrogen-bond acceptors (Lipinski definition) is 3. The van der Waals surface area contributed by atoms with Crippen molar-refractivity contribution < 1.29 is 4.79 Å². The summed E-state index contributed by atoms with van der Waals surface area (Å²) in [6, 6.07) is 7.75. The number of pyridine rings is 1. The number of benzene rings is 1. The summed E-state index contributed by atoms with van der Waals surface area (Å²) in [6.45, 7) is 8.24.